The van der Waals surface area contributed by atoms with E-state index in [2.05, 4.69) is 21.6 Å². The van der Waals surface area contributed by atoms with E-state index in [0.29, 0.717) is 18.0 Å². The molecule has 1 aliphatic rings. The summed E-state index contributed by atoms with van der Waals surface area (Å²) >= 11 is 1.32. The lowest BCUT2D eigenvalue weighted by molar-refractivity contribution is -0.113. The van der Waals surface area contributed by atoms with Crippen LogP contribution in [0.25, 0.3) is 0 Å². The molecular formula is C18H24N4O3S2. The van der Waals surface area contributed by atoms with Gasteiger partial charge in [-0.05, 0) is 49.4 Å². The second kappa shape index (κ2) is 8.02. The number of aryl methyl sites for hydroxylation is 2. The number of amides is 1. The zero-order valence-corrected chi connectivity index (χ0v) is 17.4. The van der Waals surface area contributed by atoms with E-state index in [1.54, 1.807) is 0 Å². The molecule has 2 heterocycles. The number of rotatable bonds is 6. The molecule has 1 aromatic carbocycles. The van der Waals surface area contributed by atoms with Gasteiger partial charge >= 0.3 is 0 Å². The molecule has 0 radical (unpaired) electrons. The van der Waals surface area contributed by atoms with E-state index in [-0.39, 0.29) is 29.1 Å². The van der Waals surface area contributed by atoms with Crippen LogP contribution < -0.4 is 5.32 Å². The molecule has 2 aromatic rings. The first-order valence-electron chi connectivity index (χ1n) is 8.81. The Labute approximate surface area is 163 Å². The molecule has 1 amide bonds. The van der Waals surface area contributed by atoms with E-state index < -0.39 is 9.84 Å². The van der Waals surface area contributed by atoms with Crippen LogP contribution in [-0.4, -0.2) is 46.3 Å². The predicted molar refractivity (Wildman–Crippen MR) is 107 cm³/mol. The zero-order chi connectivity index (χ0) is 19.6. The Morgan fingerprint density at radius 1 is 1.26 bits per heavy atom. The highest BCUT2D eigenvalue weighted by atomic mass is 32.2. The highest BCUT2D eigenvalue weighted by molar-refractivity contribution is 7.99. The number of nitrogens with one attached hydrogen (secondary N) is 1. The third kappa shape index (κ3) is 5.32. The molecule has 7 nitrogen and oxygen atoms in total. The maximum atomic E-state index is 12.2. The number of hydrogen-bond donors (Lipinski definition) is 1. The Kier molecular flexibility index (Phi) is 5.90. The molecule has 1 saturated heterocycles. The van der Waals surface area contributed by atoms with Crippen molar-refractivity contribution in [3.05, 3.63) is 35.2 Å². The first-order chi connectivity index (χ1) is 12.7. The summed E-state index contributed by atoms with van der Waals surface area (Å²) < 4.78 is 25.0. The van der Waals surface area contributed by atoms with E-state index in [0.717, 1.165) is 22.6 Å². The van der Waals surface area contributed by atoms with E-state index in [1.165, 1.54) is 11.8 Å². The third-order valence-electron chi connectivity index (χ3n) is 4.56. The summed E-state index contributed by atoms with van der Waals surface area (Å²) in [5.41, 5.74) is 2.99. The average molecular weight is 409 g/mol. The molecule has 146 valence electrons. The van der Waals surface area contributed by atoms with Gasteiger partial charge in [-0.1, -0.05) is 17.8 Å². The Morgan fingerprint density at radius 2 is 1.96 bits per heavy atom. The van der Waals surface area contributed by atoms with Crippen LogP contribution in [0.4, 0.5) is 5.69 Å². The number of carbonyl (C=O) groups excluding carboxylic acids is 1. The van der Waals surface area contributed by atoms with Crippen LogP contribution in [0.2, 0.25) is 0 Å². The van der Waals surface area contributed by atoms with Crippen molar-refractivity contribution in [3.8, 4) is 0 Å². The number of nitrogens with zero attached hydrogens (tertiary/aromatic N) is 3. The smallest absolute Gasteiger partial charge is 0.234 e. The number of sulfone groups is 1. The van der Waals surface area contributed by atoms with Crippen molar-refractivity contribution in [3.63, 3.8) is 0 Å². The standard InChI is InChI=1S/C18H24N4O3S2/c1-12-6-13(2)8-15(7-12)19-17(23)10-26-18-21-20-16(22(18)3)9-14-4-5-27(24,25)11-14/h6-8,14H,4-5,9-11H2,1-3H3,(H,19,23)/t14-/m1/s1. The molecule has 9 heteroatoms. The lowest BCUT2D eigenvalue weighted by Crippen LogP contribution is -2.15. The van der Waals surface area contributed by atoms with Crippen molar-refractivity contribution < 1.29 is 13.2 Å². The van der Waals surface area contributed by atoms with E-state index in [9.17, 15) is 13.2 Å². The molecule has 1 N–H and O–H groups in total. The fourth-order valence-corrected chi connectivity index (χ4v) is 5.91. The minimum absolute atomic E-state index is 0.101. The average Bonchev–Trinajstić information content (AvgIpc) is 3.07. The molecule has 0 aliphatic carbocycles. The molecular weight excluding hydrogens is 384 g/mol. The molecule has 0 saturated carbocycles. The van der Waals surface area contributed by atoms with Crippen molar-refractivity contribution in [1.82, 2.24) is 14.8 Å². The number of aromatic nitrogens is 3. The van der Waals surface area contributed by atoms with Gasteiger partial charge in [0, 0.05) is 19.2 Å². The maximum Gasteiger partial charge on any atom is 0.234 e. The number of anilines is 1. The summed E-state index contributed by atoms with van der Waals surface area (Å²) in [6, 6.07) is 5.93. The minimum atomic E-state index is -2.89. The summed E-state index contributed by atoms with van der Waals surface area (Å²) in [6.07, 6.45) is 1.27. The van der Waals surface area contributed by atoms with Gasteiger partial charge in [-0.2, -0.15) is 0 Å². The number of hydrogen-bond acceptors (Lipinski definition) is 6. The van der Waals surface area contributed by atoms with Crippen molar-refractivity contribution in [2.75, 3.05) is 22.6 Å². The molecule has 1 aliphatic heterocycles. The topological polar surface area (TPSA) is 94.0 Å². The quantitative estimate of drug-likeness (QED) is 0.736. The van der Waals surface area contributed by atoms with Crippen molar-refractivity contribution in [2.45, 2.75) is 31.8 Å². The number of carbonyl (C=O) groups is 1. The Hall–Kier alpha value is -1.87. The number of thioether (sulfide) groups is 1. The summed E-state index contributed by atoms with van der Waals surface area (Å²) in [5, 5.41) is 11.9. The van der Waals surface area contributed by atoms with Gasteiger partial charge in [0.15, 0.2) is 15.0 Å². The molecule has 1 aromatic heterocycles. The SMILES string of the molecule is Cc1cc(C)cc(NC(=O)CSc2nnc(C[C@H]3CCS(=O)(=O)C3)n2C)c1. The van der Waals surface area contributed by atoms with Gasteiger partial charge in [0.05, 0.1) is 17.3 Å². The van der Waals surface area contributed by atoms with Crippen LogP contribution in [0.3, 0.4) is 0 Å². The van der Waals surface area contributed by atoms with Crippen LogP contribution in [0.15, 0.2) is 23.4 Å². The second-order valence-electron chi connectivity index (χ2n) is 7.14. The lowest BCUT2D eigenvalue weighted by atomic mass is 10.1. The monoisotopic (exact) mass is 408 g/mol. The van der Waals surface area contributed by atoms with Gasteiger partial charge in [0.2, 0.25) is 5.91 Å². The predicted octanol–water partition coefficient (Wildman–Crippen LogP) is 2.14. The Bertz CT molecular complexity index is 933. The molecule has 0 bridgehead atoms. The van der Waals surface area contributed by atoms with E-state index >= 15 is 0 Å². The Balaban J connectivity index is 1.55. The normalized spacial score (nSPS) is 18.6. The van der Waals surface area contributed by atoms with Gasteiger partial charge in [0.25, 0.3) is 0 Å². The Morgan fingerprint density at radius 3 is 2.59 bits per heavy atom. The van der Waals surface area contributed by atoms with Gasteiger partial charge < -0.3 is 9.88 Å². The first kappa shape index (κ1) is 19.9. The van der Waals surface area contributed by atoms with Crippen molar-refractivity contribution >= 4 is 33.2 Å². The van der Waals surface area contributed by atoms with Crippen LogP contribution in [-0.2, 0) is 28.1 Å². The molecule has 0 unspecified atom stereocenters. The minimum Gasteiger partial charge on any atom is -0.325 e. The van der Waals surface area contributed by atoms with E-state index in [4.69, 9.17) is 0 Å². The zero-order valence-electron chi connectivity index (χ0n) is 15.7. The highest BCUT2D eigenvalue weighted by Gasteiger charge is 2.29. The fourth-order valence-electron chi connectivity index (χ4n) is 3.31. The van der Waals surface area contributed by atoms with Crippen LogP contribution in [0.5, 0.6) is 0 Å². The van der Waals surface area contributed by atoms with Gasteiger partial charge in [-0.3, -0.25) is 4.79 Å². The van der Waals surface area contributed by atoms with E-state index in [1.807, 2.05) is 37.6 Å². The van der Waals surface area contributed by atoms with Crippen LogP contribution >= 0.6 is 11.8 Å². The summed E-state index contributed by atoms with van der Waals surface area (Å²) in [6.45, 7) is 3.99. The maximum absolute atomic E-state index is 12.2. The fraction of sp³-hybridized carbons (Fsp3) is 0.500. The molecule has 0 spiro atoms. The van der Waals surface area contributed by atoms with Crippen molar-refractivity contribution in [2.24, 2.45) is 13.0 Å². The largest absolute Gasteiger partial charge is 0.325 e. The summed E-state index contributed by atoms with van der Waals surface area (Å²) in [5.74, 6) is 1.47. The molecule has 1 fully saturated rings. The second-order valence-corrected chi connectivity index (χ2v) is 10.3. The third-order valence-corrected chi connectivity index (χ3v) is 7.42. The van der Waals surface area contributed by atoms with Crippen LogP contribution in [0.1, 0.15) is 23.4 Å². The summed E-state index contributed by atoms with van der Waals surface area (Å²) in [4.78, 5) is 12.2. The van der Waals surface area contributed by atoms with Gasteiger partial charge in [-0.25, -0.2) is 8.42 Å². The van der Waals surface area contributed by atoms with Gasteiger partial charge in [0.1, 0.15) is 5.82 Å². The molecule has 27 heavy (non-hydrogen) atoms. The summed E-state index contributed by atoms with van der Waals surface area (Å²) in [7, 11) is -1.04. The number of benzene rings is 1. The first-order valence-corrected chi connectivity index (χ1v) is 11.6. The van der Waals surface area contributed by atoms with Gasteiger partial charge in [-0.15, -0.1) is 10.2 Å². The highest BCUT2D eigenvalue weighted by Crippen LogP contribution is 2.24. The van der Waals surface area contributed by atoms with Crippen LogP contribution in [0, 0.1) is 19.8 Å². The molecule has 3 rings (SSSR count). The lowest BCUT2D eigenvalue weighted by Gasteiger charge is -2.08. The molecule has 1 atom stereocenters. The van der Waals surface area contributed by atoms with Crippen molar-refractivity contribution in [1.29, 1.82) is 0 Å².